The topological polar surface area (TPSA) is 94.5 Å². The number of aliphatic hydroxyl groups is 1. The van der Waals surface area contributed by atoms with Crippen LogP contribution in [0.3, 0.4) is 0 Å². The summed E-state index contributed by atoms with van der Waals surface area (Å²) in [6, 6.07) is 0. The summed E-state index contributed by atoms with van der Waals surface area (Å²) in [6.07, 6.45) is -1.09. The normalized spacial score (nSPS) is 16.1. The number of esters is 1. The Kier molecular flexibility index (Phi) is 9.16. The van der Waals surface area contributed by atoms with Gasteiger partial charge in [-0.25, -0.2) is 4.57 Å². The molecule has 0 aliphatic heterocycles. The first-order valence-electron chi connectivity index (χ1n) is 5.70. The van der Waals surface area contributed by atoms with E-state index in [4.69, 9.17) is 9.05 Å². The lowest BCUT2D eigenvalue weighted by atomic mass is 10.4. The Bertz CT molecular complexity index is 310. The molecule has 2 atom stereocenters. The summed E-state index contributed by atoms with van der Waals surface area (Å²) in [5.74, 6) is -0.517. The summed E-state index contributed by atoms with van der Waals surface area (Å²) in [5.41, 5.74) is 0. The minimum atomic E-state index is -3.68. The number of rotatable bonds is 10. The smallest absolute Gasteiger partial charge is 0.463 e. The van der Waals surface area contributed by atoms with Gasteiger partial charge in [-0.1, -0.05) is 0 Å². The zero-order chi connectivity index (χ0) is 14.9. The fraction of sp³-hybridized carbons (Fsp3) is 0.900. The van der Waals surface area contributed by atoms with Crippen molar-refractivity contribution in [2.75, 3.05) is 47.6 Å². The van der Waals surface area contributed by atoms with Crippen LogP contribution in [0.1, 0.15) is 6.92 Å². The maximum absolute atomic E-state index is 11.9. The third-order valence-electron chi connectivity index (χ3n) is 1.92. The van der Waals surface area contributed by atoms with Gasteiger partial charge in [-0.3, -0.25) is 18.4 Å². The maximum Gasteiger partial charge on any atom is 0.474 e. The van der Waals surface area contributed by atoms with Crippen molar-refractivity contribution in [1.29, 1.82) is 0 Å². The van der Waals surface area contributed by atoms with Gasteiger partial charge in [-0.15, -0.1) is 0 Å². The number of hydrogen-bond donors (Lipinski definition) is 1. The van der Waals surface area contributed by atoms with E-state index in [1.54, 1.807) is 0 Å². The molecule has 1 N–H and O–H groups in total. The predicted octanol–water partition coefficient (Wildman–Crippen LogP) is 0.260. The van der Waals surface area contributed by atoms with Crippen LogP contribution in [0.2, 0.25) is 0 Å². The molecule has 0 aromatic heterocycles. The van der Waals surface area contributed by atoms with Gasteiger partial charge in [0.1, 0.15) is 12.7 Å². The van der Waals surface area contributed by atoms with Crippen LogP contribution in [-0.4, -0.2) is 69.7 Å². The van der Waals surface area contributed by atoms with Gasteiger partial charge in [0, 0.05) is 20.6 Å². The third-order valence-corrected chi connectivity index (χ3v) is 3.33. The zero-order valence-corrected chi connectivity index (χ0v) is 12.6. The van der Waals surface area contributed by atoms with Gasteiger partial charge >= 0.3 is 13.8 Å². The average Bonchev–Trinajstić information content (AvgIpc) is 2.33. The highest BCUT2D eigenvalue weighted by atomic mass is 31.2. The Balaban J connectivity index is 4.02. The van der Waals surface area contributed by atoms with Crippen molar-refractivity contribution in [3.8, 4) is 0 Å². The second-order valence-corrected chi connectivity index (χ2v) is 5.79. The Morgan fingerprint density at radius 2 is 1.95 bits per heavy atom. The molecular formula is C10H22NO7P. The third kappa shape index (κ3) is 10.0. The van der Waals surface area contributed by atoms with Gasteiger partial charge in [-0.2, -0.15) is 0 Å². The Labute approximate surface area is 113 Å². The summed E-state index contributed by atoms with van der Waals surface area (Å²) in [6.45, 7) is 1.37. The molecule has 0 aromatic carbocycles. The number of nitrogens with zero attached hydrogens (tertiary/aromatic N) is 1. The molecule has 0 spiro atoms. The maximum atomic E-state index is 11.9. The fourth-order valence-corrected chi connectivity index (χ4v) is 1.86. The van der Waals surface area contributed by atoms with Crippen molar-refractivity contribution in [2.24, 2.45) is 0 Å². The first kappa shape index (κ1) is 18.5. The lowest BCUT2D eigenvalue weighted by Crippen LogP contribution is -2.23. The lowest BCUT2D eigenvalue weighted by molar-refractivity contribution is -0.144. The van der Waals surface area contributed by atoms with Crippen molar-refractivity contribution in [2.45, 2.75) is 13.0 Å². The van der Waals surface area contributed by atoms with Crippen LogP contribution in [0.15, 0.2) is 0 Å². The Morgan fingerprint density at radius 1 is 1.32 bits per heavy atom. The molecule has 0 radical (unpaired) electrons. The van der Waals surface area contributed by atoms with Crippen LogP contribution < -0.4 is 0 Å². The quantitative estimate of drug-likeness (QED) is 0.453. The largest absolute Gasteiger partial charge is 0.474 e. The second-order valence-electron chi connectivity index (χ2n) is 4.02. The molecule has 8 nitrogen and oxygen atoms in total. The van der Waals surface area contributed by atoms with Crippen LogP contribution in [0, 0.1) is 0 Å². The number of phosphoric acid groups is 1. The van der Waals surface area contributed by atoms with E-state index in [2.05, 4.69) is 9.26 Å². The fourth-order valence-electron chi connectivity index (χ4n) is 0.917. The average molecular weight is 299 g/mol. The molecule has 19 heavy (non-hydrogen) atoms. The van der Waals surface area contributed by atoms with Gasteiger partial charge in [0.15, 0.2) is 0 Å². The molecule has 114 valence electrons. The van der Waals surface area contributed by atoms with Crippen LogP contribution in [0.25, 0.3) is 0 Å². The van der Waals surface area contributed by atoms with E-state index in [9.17, 15) is 14.5 Å². The van der Waals surface area contributed by atoms with Gasteiger partial charge in [0.2, 0.25) is 0 Å². The van der Waals surface area contributed by atoms with Gasteiger partial charge in [-0.05, 0) is 14.1 Å². The molecule has 0 aromatic rings. The zero-order valence-electron chi connectivity index (χ0n) is 11.7. The van der Waals surface area contributed by atoms with E-state index in [0.717, 1.165) is 0 Å². The summed E-state index contributed by atoms with van der Waals surface area (Å²) in [7, 11) is 1.18. The monoisotopic (exact) mass is 299 g/mol. The van der Waals surface area contributed by atoms with Crippen molar-refractivity contribution in [1.82, 2.24) is 4.90 Å². The summed E-state index contributed by atoms with van der Waals surface area (Å²) < 4.78 is 31.1. The highest BCUT2D eigenvalue weighted by molar-refractivity contribution is 7.48. The Hall–Kier alpha value is -0.500. The number of likely N-dealkylation sites (N-methyl/N-ethyl adjacent to an activating group) is 1. The van der Waals surface area contributed by atoms with E-state index in [1.807, 2.05) is 19.0 Å². The van der Waals surface area contributed by atoms with E-state index >= 15 is 0 Å². The van der Waals surface area contributed by atoms with Gasteiger partial charge in [0.05, 0.1) is 13.2 Å². The number of ether oxygens (including phenoxy) is 1. The van der Waals surface area contributed by atoms with Crippen LogP contribution in [-0.2, 0) is 27.7 Å². The summed E-state index contributed by atoms with van der Waals surface area (Å²) in [5, 5.41) is 9.43. The molecule has 0 heterocycles. The van der Waals surface area contributed by atoms with Crippen LogP contribution in [0.4, 0.5) is 0 Å². The SMILES string of the molecule is COP(=O)(OCCN(C)C)OCC(O)COC(C)=O. The number of aliphatic hydroxyl groups excluding tert-OH is 1. The van der Waals surface area contributed by atoms with Crippen molar-refractivity contribution in [3.05, 3.63) is 0 Å². The first-order valence-corrected chi connectivity index (χ1v) is 7.16. The van der Waals surface area contributed by atoms with Gasteiger partial charge < -0.3 is 14.7 Å². The first-order chi connectivity index (χ1) is 8.79. The molecular weight excluding hydrogens is 277 g/mol. The minimum Gasteiger partial charge on any atom is -0.463 e. The van der Waals surface area contributed by atoms with Crippen LogP contribution in [0.5, 0.6) is 0 Å². The van der Waals surface area contributed by atoms with Crippen molar-refractivity contribution in [3.63, 3.8) is 0 Å². The van der Waals surface area contributed by atoms with Crippen molar-refractivity contribution >= 4 is 13.8 Å². The molecule has 2 unspecified atom stereocenters. The Morgan fingerprint density at radius 3 is 2.42 bits per heavy atom. The number of carbonyl (C=O) groups is 1. The molecule has 0 saturated heterocycles. The molecule has 0 bridgehead atoms. The lowest BCUT2D eigenvalue weighted by Gasteiger charge is -2.19. The number of hydrogen-bond acceptors (Lipinski definition) is 8. The van der Waals surface area contributed by atoms with E-state index in [-0.39, 0.29) is 19.8 Å². The molecule has 0 fully saturated rings. The summed E-state index contributed by atoms with van der Waals surface area (Å²) >= 11 is 0. The number of carbonyl (C=O) groups excluding carboxylic acids is 1. The highest BCUT2D eigenvalue weighted by Crippen LogP contribution is 2.48. The van der Waals surface area contributed by atoms with E-state index < -0.39 is 19.9 Å². The molecule has 0 rings (SSSR count). The number of phosphoric ester groups is 1. The highest BCUT2D eigenvalue weighted by Gasteiger charge is 2.26. The predicted molar refractivity (Wildman–Crippen MR) is 67.7 cm³/mol. The second kappa shape index (κ2) is 9.41. The molecule has 0 aliphatic carbocycles. The van der Waals surface area contributed by atoms with E-state index in [1.165, 1.54) is 14.0 Å². The van der Waals surface area contributed by atoms with Crippen LogP contribution >= 0.6 is 7.82 Å². The minimum absolute atomic E-state index is 0.165. The van der Waals surface area contributed by atoms with Crippen molar-refractivity contribution < 1.29 is 32.8 Å². The molecule has 0 saturated carbocycles. The standard InChI is InChI=1S/C10H22NO7P/c1-9(12)16-7-10(13)8-18-19(14,15-4)17-6-5-11(2)3/h10,13H,5-8H2,1-4H3. The van der Waals surface area contributed by atoms with Gasteiger partial charge in [0.25, 0.3) is 0 Å². The summed E-state index contributed by atoms with van der Waals surface area (Å²) in [4.78, 5) is 12.4. The molecule has 0 amide bonds. The van der Waals surface area contributed by atoms with E-state index in [0.29, 0.717) is 6.54 Å². The molecule has 9 heteroatoms. The molecule has 0 aliphatic rings.